The molecular weight excluding hydrogens is 226 g/mol. The summed E-state index contributed by atoms with van der Waals surface area (Å²) in [5, 5.41) is 2.84. The third-order valence-electron chi connectivity index (χ3n) is 2.99. The smallest absolute Gasteiger partial charge is 0.260 e. The molecule has 0 saturated heterocycles. The SMILES string of the molecule is CCCNC(=O)[C@H](C)Oc1cc(C)cc(C)c1C. The largest absolute Gasteiger partial charge is 0.481 e. The third-order valence-corrected chi connectivity index (χ3v) is 2.99. The highest BCUT2D eigenvalue weighted by molar-refractivity contribution is 5.80. The first-order chi connectivity index (χ1) is 8.45. The molecule has 1 aromatic rings. The quantitative estimate of drug-likeness (QED) is 0.871. The Kier molecular flexibility index (Phi) is 5.20. The molecule has 1 rings (SSSR count). The summed E-state index contributed by atoms with van der Waals surface area (Å²) < 4.78 is 5.75. The minimum absolute atomic E-state index is 0.0598. The molecule has 100 valence electrons. The molecule has 0 aliphatic heterocycles. The Labute approximate surface area is 110 Å². The van der Waals surface area contributed by atoms with E-state index in [2.05, 4.69) is 18.3 Å². The lowest BCUT2D eigenvalue weighted by atomic mass is 10.1. The summed E-state index contributed by atoms with van der Waals surface area (Å²) in [6, 6.07) is 4.09. The molecule has 1 amide bonds. The molecule has 0 saturated carbocycles. The molecule has 3 nitrogen and oxygen atoms in total. The van der Waals surface area contributed by atoms with Crippen LogP contribution in [0.5, 0.6) is 5.75 Å². The van der Waals surface area contributed by atoms with Crippen LogP contribution < -0.4 is 10.1 Å². The predicted molar refractivity (Wildman–Crippen MR) is 74.0 cm³/mol. The molecule has 1 N–H and O–H groups in total. The van der Waals surface area contributed by atoms with Crippen molar-refractivity contribution in [3.63, 3.8) is 0 Å². The van der Waals surface area contributed by atoms with Gasteiger partial charge >= 0.3 is 0 Å². The van der Waals surface area contributed by atoms with Crippen LogP contribution in [0.25, 0.3) is 0 Å². The van der Waals surface area contributed by atoms with Gasteiger partial charge in [-0.15, -0.1) is 0 Å². The predicted octanol–water partition coefficient (Wildman–Crippen LogP) is 2.91. The van der Waals surface area contributed by atoms with Crippen molar-refractivity contribution < 1.29 is 9.53 Å². The third kappa shape index (κ3) is 3.76. The lowest BCUT2D eigenvalue weighted by molar-refractivity contribution is -0.127. The van der Waals surface area contributed by atoms with Crippen molar-refractivity contribution >= 4 is 5.91 Å². The zero-order valence-electron chi connectivity index (χ0n) is 12.0. The van der Waals surface area contributed by atoms with E-state index in [4.69, 9.17) is 4.74 Å². The zero-order valence-corrected chi connectivity index (χ0v) is 12.0. The molecule has 1 aromatic carbocycles. The molecule has 0 aromatic heterocycles. The molecular formula is C15H23NO2. The van der Waals surface area contributed by atoms with E-state index >= 15 is 0 Å². The highest BCUT2D eigenvalue weighted by Crippen LogP contribution is 2.24. The standard InChI is InChI=1S/C15H23NO2/c1-6-7-16-15(17)13(5)18-14-9-10(2)8-11(3)12(14)4/h8-9,13H,6-7H2,1-5H3,(H,16,17)/t13-/m0/s1. The lowest BCUT2D eigenvalue weighted by Crippen LogP contribution is -2.36. The molecule has 0 fully saturated rings. The first-order valence-electron chi connectivity index (χ1n) is 6.48. The van der Waals surface area contributed by atoms with Gasteiger partial charge in [-0.25, -0.2) is 0 Å². The Morgan fingerprint density at radius 1 is 1.33 bits per heavy atom. The average Bonchev–Trinajstić information content (AvgIpc) is 2.32. The summed E-state index contributed by atoms with van der Waals surface area (Å²) in [4.78, 5) is 11.8. The maximum absolute atomic E-state index is 11.8. The van der Waals surface area contributed by atoms with Crippen LogP contribution in [-0.2, 0) is 4.79 Å². The minimum Gasteiger partial charge on any atom is -0.481 e. The van der Waals surface area contributed by atoms with Crippen LogP contribution in [-0.4, -0.2) is 18.6 Å². The van der Waals surface area contributed by atoms with Crippen LogP contribution in [0.3, 0.4) is 0 Å². The van der Waals surface area contributed by atoms with Crippen molar-refractivity contribution in [2.75, 3.05) is 6.54 Å². The van der Waals surface area contributed by atoms with Crippen LogP contribution in [0, 0.1) is 20.8 Å². The Morgan fingerprint density at radius 2 is 2.00 bits per heavy atom. The first kappa shape index (κ1) is 14.6. The zero-order chi connectivity index (χ0) is 13.7. The van der Waals surface area contributed by atoms with Gasteiger partial charge in [-0.05, 0) is 56.9 Å². The molecule has 1 atom stereocenters. The summed E-state index contributed by atoms with van der Waals surface area (Å²) in [7, 11) is 0. The van der Waals surface area contributed by atoms with Gasteiger partial charge in [-0.3, -0.25) is 4.79 Å². The number of benzene rings is 1. The second-order valence-corrected chi connectivity index (χ2v) is 4.76. The monoisotopic (exact) mass is 249 g/mol. The van der Waals surface area contributed by atoms with Crippen molar-refractivity contribution in [1.29, 1.82) is 0 Å². The van der Waals surface area contributed by atoms with Crippen molar-refractivity contribution in [1.82, 2.24) is 5.32 Å². The molecule has 0 spiro atoms. The highest BCUT2D eigenvalue weighted by atomic mass is 16.5. The fraction of sp³-hybridized carbons (Fsp3) is 0.533. The van der Waals surface area contributed by atoms with E-state index in [-0.39, 0.29) is 5.91 Å². The van der Waals surface area contributed by atoms with Gasteiger partial charge in [-0.1, -0.05) is 13.0 Å². The van der Waals surface area contributed by atoms with Crippen LogP contribution in [0.1, 0.15) is 37.0 Å². The second-order valence-electron chi connectivity index (χ2n) is 4.76. The first-order valence-corrected chi connectivity index (χ1v) is 6.48. The van der Waals surface area contributed by atoms with Crippen molar-refractivity contribution in [2.45, 2.75) is 47.1 Å². The minimum atomic E-state index is -0.462. The summed E-state index contributed by atoms with van der Waals surface area (Å²) >= 11 is 0. The molecule has 3 heteroatoms. The Balaban J connectivity index is 2.75. The molecule has 0 bridgehead atoms. The summed E-state index contributed by atoms with van der Waals surface area (Å²) in [5.41, 5.74) is 3.43. The van der Waals surface area contributed by atoms with Crippen LogP contribution in [0.15, 0.2) is 12.1 Å². The fourth-order valence-corrected chi connectivity index (χ4v) is 1.76. The summed E-state index contributed by atoms with van der Waals surface area (Å²) in [5.74, 6) is 0.738. The number of carbonyl (C=O) groups is 1. The number of hydrogen-bond acceptors (Lipinski definition) is 2. The highest BCUT2D eigenvalue weighted by Gasteiger charge is 2.15. The second kappa shape index (κ2) is 6.43. The number of hydrogen-bond donors (Lipinski definition) is 1. The average molecular weight is 249 g/mol. The van der Waals surface area contributed by atoms with E-state index in [0.717, 1.165) is 23.3 Å². The van der Waals surface area contributed by atoms with Gasteiger partial charge in [0.2, 0.25) is 0 Å². The van der Waals surface area contributed by atoms with E-state index in [9.17, 15) is 4.79 Å². The number of aryl methyl sites for hydroxylation is 2. The molecule has 0 aliphatic carbocycles. The molecule has 0 heterocycles. The van der Waals surface area contributed by atoms with Gasteiger partial charge in [0.15, 0.2) is 6.10 Å². The normalized spacial score (nSPS) is 12.1. The van der Waals surface area contributed by atoms with Gasteiger partial charge < -0.3 is 10.1 Å². The van der Waals surface area contributed by atoms with Crippen LogP contribution in [0.2, 0.25) is 0 Å². The van der Waals surface area contributed by atoms with Crippen molar-refractivity contribution in [3.8, 4) is 5.75 Å². The van der Waals surface area contributed by atoms with Crippen molar-refractivity contribution in [2.24, 2.45) is 0 Å². The van der Waals surface area contributed by atoms with Gasteiger partial charge in [-0.2, -0.15) is 0 Å². The molecule has 0 radical (unpaired) electrons. The Hall–Kier alpha value is -1.51. The number of ether oxygens (including phenoxy) is 1. The van der Waals surface area contributed by atoms with Crippen LogP contribution >= 0.6 is 0 Å². The fourth-order valence-electron chi connectivity index (χ4n) is 1.76. The van der Waals surface area contributed by atoms with Gasteiger partial charge in [0, 0.05) is 6.54 Å². The topological polar surface area (TPSA) is 38.3 Å². The Bertz CT molecular complexity index is 427. The molecule has 0 aliphatic rings. The molecule has 0 unspecified atom stereocenters. The van der Waals surface area contributed by atoms with Gasteiger partial charge in [0.1, 0.15) is 5.75 Å². The van der Waals surface area contributed by atoms with E-state index in [1.54, 1.807) is 6.92 Å². The van der Waals surface area contributed by atoms with Crippen molar-refractivity contribution in [3.05, 3.63) is 28.8 Å². The van der Waals surface area contributed by atoms with E-state index < -0.39 is 6.10 Å². The van der Waals surface area contributed by atoms with Crippen LogP contribution in [0.4, 0.5) is 0 Å². The number of carbonyl (C=O) groups excluding carboxylic acids is 1. The number of nitrogens with one attached hydrogen (secondary N) is 1. The lowest BCUT2D eigenvalue weighted by Gasteiger charge is -2.17. The maximum atomic E-state index is 11.8. The number of rotatable bonds is 5. The van der Waals surface area contributed by atoms with E-state index in [1.807, 2.05) is 26.8 Å². The molecule has 18 heavy (non-hydrogen) atoms. The maximum Gasteiger partial charge on any atom is 0.260 e. The van der Waals surface area contributed by atoms with E-state index in [1.165, 1.54) is 5.56 Å². The summed E-state index contributed by atoms with van der Waals surface area (Å²) in [6.07, 6.45) is 0.470. The number of amides is 1. The van der Waals surface area contributed by atoms with Gasteiger partial charge in [0.25, 0.3) is 5.91 Å². The van der Waals surface area contributed by atoms with Gasteiger partial charge in [0.05, 0.1) is 0 Å². The summed E-state index contributed by atoms with van der Waals surface area (Å²) in [6.45, 7) is 10.6. The van der Waals surface area contributed by atoms with E-state index in [0.29, 0.717) is 6.54 Å². The Morgan fingerprint density at radius 3 is 2.61 bits per heavy atom.